The van der Waals surface area contributed by atoms with E-state index >= 15 is 0 Å². The number of hydrogen-bond acceptors (Lipinski definition) is 4. The van der Waals surface area contributed by atoms with Gasteiger partial charge in [-0.25, -0.2) is 0 Å². The van der Waals surface area contributed by atoms with Crippen LogP contribution in [-0.4, -0.2) is 40.0 Å². The van der Waals surface area contributed by atoms with Crippen molar-refractivity contribution in [1.82, 2.24) is 15.0 Å². The number of rotatable bonds is 1. The van der Waals surface area contributed by atoms with E-state index in [4.69, 9.17) is 4.65 Å². The maximum atomic E-state index is 5.13. The van der Waals surface area contributed by atoms with E-state index in [9.17, 15) is 0 Å². The van der Waals surface area contributed by atoms with Crippen molar-refractivity contribution >= 4 is 21.2 Å². The third kappa shape index (κ3) is 1.99. The summed E-state index contributed by atoms with van der Waals surface area (Å²) in [6, 6.07) is 0. The molecular weight excluding hydrogens is 138 g/mol. The summed E-state index contributed by atoms with van der Waals surface area (Å²) >= 11 is 0. The third-order valence-electron chi connectivity index (χ3n) is 2.24. The summed E-state index contributed by atoms with van der Waals surface area (Å²) in [4.78, 5) is 0. The van der Waals surface area contributed by atoms with Gasteiger partial charge in [0.05, 0.1) is 0 Å². The lowest BCUT2D eigenvalue weighted by Gasteiger charge is -2.35. The molecule has 0 bridgehead atoms. The van der Waals surface area contributed by atoms with Crippen LogP contribution >= 0.6 is 0 Å². The molecule has 0 unspecified atom stereocenters. The van der Waals surface area contributed by atoms with Gasteiger partial charge in [-0.05, 0) is 7.05 Å². The lowest BCUT2D eigenvalue weighted by atomic mass is 9.54. The lowest BCUT2D eigenvalue weighted by Crippen LogP contribution is -2.73. The van der Waals surface area contributed by atoms with Crippen LogP contribution in [0.4, 0.5) is 0 Å². The summed E-state index contributed by atoms with van der Waals surface area (Å²) in [5, 5.41) is 6.48. The monoisotopic (exact) mass is 153 g/mol. The molecule has 0 radical (unpaired) electrons. The second kappa shape index (κ2) is 3.62. The maximum Gasteiger partial charge on any atom is 0.452 e. The topological polar surface area (TPSA) is 36.5 Å². The number of hydrogen-bond donors (Lipinski definition) is 2. The van der Waals surface area contributed by atoms with E-state index in [0.29, 0.717) is 14.0 Å². The average Bonchev–Trinajstić information content (AvgIpc) is 1.99. The van der Waals surface area contributed by atoms with Crippen molar-refractivity contribution in [3.8, 4) is 0 Å². The van der Waals surface area contributed by atoms with Crippen molar-refractivity contribution in [3.05, 3.63) is 0 Å². The van der Waals surface area contributed by atoms with Crippen molar-refractivity contribution in [1.29, 1.82) is 0 Å². The molecule has 0 aliphatic carbocycles. The largest absolute Gasteiger partial charge is 0.452 e. The van der Waals surface area contributed by atoms with Gasteiger partial charge in [-0.1, -0.05) is 13.6 Å². The van der Waals surface area contributed by atoms with Crippen molar-refractivity contribution in [2.24, 2.45) is 0 Å². The zero-order chi connectivity index (χ0) is 8.43. The smallest absolute Gasteiger partial charge is 0.412 e. The Kier molecular flexibility index (Phi) is 3.01. The van der Waals surface area contributed by atoms with Crippen LogP contribution in [0.3, 0.4) is 0 Å². The molecule has 1 fully saturated rings. The van der Waals surface area contributed by atoms with Crippen molar-refractivity contribution in [3.63, 3.8) is 0 Å². The molecule has 0 amide bonds. The minimum atomic E-state index is -0.0174. The first-order valence-corrected chi connectivity index (χ1v) is 3.92. The summed E-state index contributed by atoms with van der Waals surface area (Å²) in [5.41, 5.74) is 0. The fourth-order valence-electron chi connectivity index (χ4n) is 1.19. The summed E-state index contributed by atoms with van der Waals surface area (Å²) < 4.78 is 7.34. The predicted molar refractivity (Wildman–Crippen MR) is 50.0 cm³/mol. The molecule has 0 atom stereocenters. The maximum absolute atomic E-state index is 5.13. The molecule has 11 heavy (non-hydrogen) atoms. The molecule has 7 heteroatoms. The molecule has 1 aliphatic rings. The molecular formula is C4H14B3N3O. The van der Waals surface area contributed by atoms with Gasteiger partial charge in [0.15, 0.2) is 0 Å². The van der Waals surface area contributed by atoms with E-state index in [2.05, 4.69) is 35.7 Å². The van der Waals surface area contributed by atoms with E-state index < -0.39 is 0 Å². The molecule has 1 rings (SSSR count). The Balaban J connectivity index is 2.47. The molecule has 1 heterocycles. The van der Waals surface area contributed by atoms with Crippen LogP contribution in [0.1, 0.15) is 0 Å². The van der Waals surface area contributed by atoms with Gasteiger partial charge in [0.25, 0.3) is 14.0 Å². The fourth-order valence-corrected chi connectivity index (χ4v) is 1.19. The number of nitrogens with zero attached hydrogens (tertiary/aromatic N) is 1. The first-order valence-electron chi connectivity index (χ1n) is 3.92. The first-order chi connectivity index (χ1) is 5.15. The van der Waals surface area contributed by atoms with Crippen LogP contribution in [0.25, 0.3) is 0 Å². The molecule has 1 aliphatic heterocycles. The highest BCUT2D eigenvalue weighted by Gasteiger charge is 2.35. The zero-order valence-electron chi connectivity index (χ0n) is 7.59. The Morgan fingerprint density at radius 3 is 2.00 bits per heavy atom. The fraction of sp³-hybridized carbons (Fsp3) is 1.00. The Bertz CT molecular complexity index is 126. The minimum absolute atomic E-state index is 0.0174. The molecule has 0 aromatic rings. The average molecular weight is 153 g/mol. The highest BCUT2D eigenvalue weighted by molar-refractivity contribution is 6.83. The molecule has 0 aromatic heterocycles. The van der Waals surface area contributed by atoms with Crippen LogP contribution in [0.5, 0.6) is 0 Å². The Labute approximate surface area is 69.4 Å². The van der Waals surface area contributed by atoms with E-state index in [1.165, 1.54) is 0 Å². The minimum Gasteiger partial charge on any atom is -0.412 e. The van der Waals surface area contributed by atoms with Crippen molar-refractivity contribution in [2.75, 3.05) is 14.2 Å². The molecule has 2 N–H and O–H groups in total. The van der Waals surface area contributed by atoms with E-state index in [0.717, 1.165) is 0 Å². The SMILES string of the molecule is COB1NB(C)N(C)B(C)N1. The van der Waals surface area contributed by atoms with Gasteiger partial charge in [0.1, 0.15) is 0 Å². The molecule has 0 saturated carbocycles. The second-order valence-corrected chi connectivity index (χ2v) is 2.97. The van der Waals surface area contributed by atoms with Gasteiger partial charge >= 0.3 is 7.19 Å². The summed E-state index contributed by atoms with van der Waals surface area (Å²) in [7, 11) is 3.74. The van der Waals surface area contributed by atoms with Crippen molar-refractivity contribution in [2.45, 2.75) is 13.6 Å². The van der Waals surface area contributed by atoms with E-state index in [1.54, 1.807) is 7.11 Å². The van der Waals surface area contributed by atoms with Crippen LogP contribution in [-0.2, 0) is 4.65 Å². The van der Waals surface area contributed by atoms with Gasteiger partial charge in [0, 0.05) is 7.11 Å². The highest BCUT2D eigenvalue weighted by atomic mass is 16.4. The van der Waals surface area contributed by atoms with Crippen LogP contribution < -0.4 is 10.3 Å². The van der Waals surface area contributed by atoms with E-state index in [1.807, 2.05) is 0 Å². The Morgan fingerprint density at radius 2 is 1.64 bits per heavy atom. The number of nitrogens with one attached hydrogen (secondary N) is 2. The van der Waals surface area contributed by atoms with E-state index in [-0.39, 0.29) is 7.19 Å². The second-order valence-electron chi connectivity index (χ2n) is 2.97. The van der Waals surface area contributed by atoms with Gasteiger partial charge in [0.2, 0.25) is 0 Å². The summed E-state index contributed by atoms with van der Waals surface area (Å²) in [6.07, 6.45) is 0. The predicted octanol–water partition coefficient (Wildman–Crippen LogP) is -1.02. The van der Waals surface area contributed by atoms with Crippen LogP contribution in [0.2, 0.25) is 13.6 Å². The van der Waals surface area contributed by atoms with Gasteiger partial charge in [-0.15, -0.1) is 0 Å². The van der Waals surface area contributed by atoms with Gasteiger partial charge in [-0.3, -0.25) is 0 Å². The Morgan fingerprint density at radius 1 is 1.18 bits per heavy atom. The van der Waals surface area contributed by atoms with Gasteiger partial charge < -0.3 is 19.7 Å². The van der Waals surface area contributed by atoms with Crippen molar-refractivity contribution < 1.29 is 4.65 Å². The molecule has 60 valence electrons. The molecule has 1 saturated heterocycles. The first kappa shape index (κ1) is 9.13. The standard InChI is InChI=1S/C4H14B3N3O/c1-5-8-7(11-4)9-6(2)10(5)3/h8-9H,1-4H3. The quantitative estimate of drug-likeness (QED) is 0.472. The highest BCUT2D eigenvalue weighted by Crippen LogP contribution is 1.97. The Hall–Kier alpha value is 0.0348. The van der Waals surface area contributed by atoms with Crippen LogP contribution in [0, 0.1) is 0 Å². The lowest BCUT2D eigenvalue weighted by molar-refractivity contribution is 0.406. The molecule has 4 nitrogen and oxygen atoms in total. The zero-order valence-corrected chi connectivity index (χ0v) is 7.59. The van der Waals surface area contributed by atoms with Gasteiger partial charge in [-0.2, -0.15) is 0 Å². The van der Waals surface area contributed by atoms with Crippen LogP contribution in [0.15, 0.2) is 0 Å². The summed E-state index contributed by atoms with van der Waals surface area (Å²) in [5.74, 6) is 0. The normalized spacial score (nSPS) is 21.3. The molecule has 0 aromatic carbocycles. The molecule has 0 spiro atoms. The third-order valence-corrected chi connectivity index (χ3v) is 2.24. The summed E-state index contributed by atoms with van der Waals surface area (Å²) in [6.45, 7) is 4.94.